The molecule has 0 unspecified atom stereocenters. The van der Waals surface area contributed by atoms with Crippen LogP contribution in [0.3, 0.4) is 0 Å². The number of hydrogen-bond acceptors (Lipinski definition) is 11. The van der Waals surface area contributed by atoms with Crippen LogP contribution in [0.5, 0.6) is 0 Å². The number of fused-ring (bicyclic) bond motifs is 2. The number of halogens is 4. The zero-order valence-corrected chi connectivity index (χ0v) is 26.1. The summed E-state index contributed by atoms with van der Waals surface area (Å²) in [7, 11) is 0. The van der Waals surface area contributed by atoms with Crippen molar-refractivity contribution in [3.05, 3.63) is 107 Å². The number of rotatable bonds is 7. The minimum absolute atomic E-state index is 0.00287. The standard InChI is InChI=1S/C16H12F2N6O.C16H12F2N4O2/c1-8(2)16-20-19-13-6-5-12(21-24(13)16)15-14(22-25-23-15)10-4-3-9(17)7-11(10)18;1-8(2)16-20-19-13-6-5-12(21-22(13)16)15(24)14(23)10-4-3-9(17)7-11(10)18/h3-8H,1-2H3;3-8H,1-2H3. The van der Waals surface area contributed by atoms with Gasteiger partial charge in [-0.3, -0.25) is 9.59 Å². The lowest BCUT2D eigenvalue weighted by Crippen LogP contribution is -2.19. The van der Waals surface area contributed by atoms with Crippen LogP contribution < -0.4 is 0 Å². The Kier molecular flexibility index (Phi) is 8.73. The van der Waals surface area contributed by atoms with Crippen molar-refractivity contribution in [2.45, 2.75) is 39.5 Å². The van der Waals surface area contributed by atoms with Crippen LogP contribution in [0, 0.1) is 23.3 Å². The topological polar surface area (TPSA) is 159 Å². The molecule has 0 N–H and O–H groups in total. The van der Waals surface area contributed by atoms with E-state index in [4.69, 9.17) is 4.63 Å². The molecule has 0 saturated heterocycles. The summed E-state index contributed by atoms with van der Waals surface area (Å²) in [5, 5.41) is 32.2. The molecule has 17 heteroatoms. The predicted octanol–water partition coefficient (Wildman–Crippen LogP) is 5.83. The van der Waals surface area contributed by atoms with Crippen molar-refractivity contribution in [3.63, 3.8) is 0 Å². The average Bonchev–Trinajstić information content (AvgIpc) is 3.82. The van der Waals surface area contributed by atoms with E-state index in [1.54, 1.807) is 16.6 Å². The van der Waals surface area contributed by atoms with Crippen molar-refractivity contribution in [3.8, 4) is 22.6 Å². The number of carbonyl (C=O) groups excluding carboxylic acids is 2. The van der Waals surface area contributed by atoms with Crippen LogP contribution in [0.15, 0.2) is 65.3 Å². The van der Waals surface area contributed by atoms with Gasteiger partial charge in [0.1, 0.15) is 40.4 Å². The number of ketones is 2. The van der Waals surface area contributed by atoms with Crippen LogP contribution in [0.4, 0.5) is 17.6 Å². The summed E-state index contributed by atoms with van der Waals surface area (Å²) in [6, 6.07) is 11.8. The number of hydrogen-bond donors (Lipinski definition) is 0. The molecule has 0 atom stereocenters. The third kappa shape index (κ3) is 6.37. The van der Waals surface area contributed by atoms with Gasteiger partial charge < -0.3 is 0 Å². The molecule has 13 nitrogen and oxygen atoms in total. The van der Waals surface area contributed by atoms with E-state index < -0.39 is 40.4 Å². The van der Waals surface area contributed by atoms with Gasteiger partial charge in [0, 0.05) is 29.5 Å². The first-order valence-electron chi connectivity index (χ1n) is 14.7. The van der Waals surface area contributed by atoms with E-state index in [0.29, 0.717) is 34.7 Å². The number of carbonyl (C=O) groups is 2. The fourth-order valence-corrected chi connectivity index (χ4v) is 4.71. The summed E-state index contributed by atoms with van der Waals surface area (Å²) < 4.78 is 61.6. The molecule has 0 aliphatic heterocycles. The minimum atomic E-state index is -1.10. The first-order chi connectivity index (χ1) is 23.4. The zero-order valence-electron chi connectivity index (χ0n) is 26.1. The van der Waals surface area contributed by atoms with E-state index in [-0.39, 0.29) is 34.5 Å². The maximum atomic E-state index is 14.1. The van der Waals surface area contributed by atoms with E-state index in [9.17, 15) is 27.2 Å². The monoisotopic (exact) mass is 672 g/mol. The quantitative estimate of drug-likeness (QED) is 0.114. The van der Waals surface area contributed by atoms with Gasteiger partial charge in [0.15, 0.2) is 28.6 Å². The first-order valence-corrected chi connectivity index (χ1v) is 14.7. The highest BCUT2D eigenvalue weighted by Gasteiger charge is 2.25. The maximum Gasteiger partial charge on any atom is 0.253 e. The fraction of sp³-hybridized carbons (Fsp3) is 0.188. The molecule has 2 aromatic carbocycles. The van der Waals surface area contributed by atoms with Crippen LogP contribution in [0.25, 0.3) is 33.9 Å². The fourth-order valence-electron chi connectivity index (χ4n) is 4.71. The third-order valence-electron chi connectivity index (χ3n) is 7.14. The van der Waals surface area contributed by atoms with E-state index in [0.717, 1.165) is 24.3 Å². The van der Waals surface area contributed by atoms with E-state index in [1.165, 1.54) is 22.7 Å². The predicted molar refractivity (Wildman–Crippen MR) is 163 cm³/mol. The van der Waals surface area contributed by atoms with Crippen molar-refractivity contribution in [1.29, 1.82) is 0 Å². The van der Waals surface area contributed by atoms with Crippen molar-refractivity contribution in [1.82, 2.24) is 49.9 Å². The van der Waals surface area contributed by atoms with Gasteiger partial charge in [-0.1, -0.05) is 27.7 Å². The highest BCUT2D eigenvalue weighted by molar-refractivity contribution is 6.48. The third-order valence-corrected chi connectivity index (χ3v) is 7.14. The van der Waals surface area contributed by atoms with Crippen LogP contribution >= 0.6 is 0 Å². The summed E-state index contributed by atoms with van der Waals surface area (Å²) in [4.78, 5) is 24.5. The molecule has 0 radical (unpaired) electrons. The summed E-state index contributed by atoms with van der Waals surface area (Å²) in [5.41, 5.74) is 1.21. The Morgan fingerprint density at radius 1 is 0.633 bits per heavy atom. The molecule has 0 amide bonds. The molecule has 7 aromatic rings. The molecule has 0 saturated carbocycles. The van der Waals surface area contributed by atoms with Gasteiger partial charge in [-0.25, -0.2) is 22.2 Å². The van der Waals surface area contributed by atoms with E-state index in [2.05, 4.69) is 40.9 Å². The molecule has 7 rings (SSSR count). The van der Waals surface area contributed by atoms with Crippen molar-refractivity contribution in [2.75, 3.05) is 0 Å². The smallest absolute Gasteiger partial charge is 0.253 e. The highest BCUT2D eigenvalue weighted by atomic mass is 19.1. The van der Waals surface area contributed by atoms with E-state index >= 15 is 0 Å². The molecule has 5 aromatic heterocycles. The summed E-state index contributed by atoms with van der Waals surface area (Å²) in [6.07, 6.45) is 0. The minimum Gasteiger partial charge on any atom is -0.285 e. The lowest BCUT2D eigenvalue weighted by Gasteiger charge is -2.04. The lowest BCUT2D eigenvalue weighted by molar-refractivity contribution is 0.0810. The molecule has 0 fully saturated rings. The SMILES string of the molecule is CC(C)c1nnc2ccc(-c3nonc3-c3ccc(F)cc3F)nn12.CC(C)c1nnc2ccc(C(=O)C(=O)c3ccc(F)cc3F)nn12. The van der Waals surface area contributed by atoms with Gasteiger partial charge in [0.2, 0.25) is 5.78 Å². The molecular weight excluding hydrogens is 648 g/mol. The molecule has 0 bridgehead atoms. The summed E-state index contributed by atoms with van der Waals surface area (Å²) >= 11 is 0. The first kappa shape index (κ1) is 32.7. The second kappa shape index (κ2) is 13.1. The van der Waals surface area contributed by atoms with Gasteiger partial charge in [0.05, 0.1) is 5.56 Å². The number of aromatic nitrogens is 10. The molecule has 0 aliphatic carbocycles. The molecular formula is C32H24F4N10O3. The van der Waals surface area contributed by atoms with Gasteiger partial charge in [-0.2, -0.15) is 19.2 Å². The lowest BCUT2D eigenvalue weighted by atomic mass is 10.0. The Morgan fingerprint density at radius 3 is 1.82 bits per heavy atom. The van der Waals surface area contributed by atoms with Gasteiger partial charge in [0.25, 0.3) is 5.78 Å². The van der Waals surface area contributed by atoms with Crippen molar-refractivity contribution < 1.29 is 31.8 Å². The van der Waals surface area contributed by atoms with Gasteiger partial charge in [-0.05, 0) is 58.8 Å². The Hall–Kier alpha value is -6.26. The highest BCUT2D eigenvalue weighted by Crippen LogP contribution is 2.30. The largest absolute Gasteiger partial charge is 0.285 e. The number of nitrogens with zero attached hydrogens (tertiary/aromatic N) is 10. The Bertz CT molecular complexity index is 2370. The van der Waals surface area contributed by atoms with Crippen molar-refractivity contribution >= 4 is 22.9 Å². The molecule has 49 heavy (non-hydrogen) atoms. The molecule has 0 spiro atoms. The van der Waals surface area contributed by atoms with Crippen LogP contribution in [-0.2, 0) is 0 Å². The average molecular weight is 673 g/mol. The van der Waals surface area contributed by atoms with Crippen LogP contribution in [0.2, 0.25) is 0 Å². The number of benzene rings is 2. The molecule has 5 heterocycles. The van der Waals surface area contributed by atoms with Gasteiger partial charge >= 0.3 is 0 Å². The molecule has 248 valence electrons. The Balaban J connectivity index is 0.000000170. The van der Waals surface area contributed by atoms with Crippen molar-refractivity contribution in [2.24, 2.45) is 0 Å². The molecule has 0 aliphatic rings. The second-order valence-corrected chi connectivity index (χ2v) is 11.3. The second-order valence-electron chi connectivity index (χ2n) is 11.3. The number of Topliss-reactive ketones (excluding diaryl/α,β-unsaturated/α-hetero) is 2. The zero-order chi connectivity index (χ0) is 35.0. The summed E-state index contributed by atoms with van der Waals surface area (Å²) in [6.45, 7) is 7.71. The summed E-state index contributed by atoms with van der Waals surface area (Å²) in [5.74, 6) is -4.13. The van der Waals surface area contributed by atoms with Gasteiger partial charge in [-0.15, -0.1) is 20.4 Å². The van der Waals surface area contributed by atoms with Crippen LogP contribution in [-0.4, -0.2) is 61.5 Å². The van der Waals surface area contributed by atoms with E-state index in [1.807, 2.05) is 27.7 Å². The normalized spacial score (nSPS) is 11.4. The Labute approximate surface area is 273 Å². The van der Waals surface area contributed by atoms with Crippen LogP contribution in [0.1, 0.15) is 72.0 Å². The Morgan fingerprint density at radius 2 is 1.20 bits per heavy atom. The maximum absolute atomic E-state index is 14.1.